The molecular formula is C24H22N4O3S. The van der Waals surface area contributed by atoms with Crippen LogP contribution in [-0.4, -0.2) is 41.0 Å². The van der Waals surface area contributed by atoms with Gasteiger partial charge in [-0.2, -0.15) is 0 Å². The molecule has 2 fully saturated rings. The van der Waals surface area contributed by atoms with E-state index in [2.05, 4.69) is 32.3 Å². The van der Waals surface area contributed by atoms with Gasteiger partial charge in [-0.05, 0) is 48.2 Å². The van der Waals surface area contributed by atoms with Gasteiger partial charge in [-0.3, -0.25) is 14.6 Å². The Labute approximate surface area is 188 Å². The molecule has 1 aromatic carbocycles. The minimum atomic E-state index is -0.351. The lowest BCUT2D eigenvalue weighted by molar-refractivity contribution is -0.115. The monoisotopic (exact) mass is 446 g/mol. The number of hydrogen-bond donors (Lipinski definition) is 2. The summed E-state index contributed by atoms with van der Waals surface area (Å²) in [4.78, 5) is 34.7. The van der Waals surface area contributed by atoms with E-state index >= 15 is 0 Å². The van der Waals surface area contributed by atoms with Gasteiger partial charge in [0, 0.05) is 31.1 Å². The van der Waals surface area contributed by atoms with Crippen LogP contribution in [0.4, 0.5) is 5.69 Å². The fourth-order valence-corrected chi connectivity index (χ4v) is 5.40. The smallest absolute Gasteiger partial charge is 0.266 e. The summed E-state index contributed by atoms with van der Waals surface area (Å²) < 4.78 is 7.10. The molecule has 4 heterocycles. The number of pyridine rings is 1. The third kappa shape index (κ3) is 3.36. The summed E-state index contributed by atoms with van der Waals surface area (Å²) in [6, 6.07) is 9.97. The molecule has 1 saturated carbocycles. The van der Waals surface area contributed by atoms with Crippen LogP contribution >= 0.6 is 11.3 Å². The highest BCUT2D eigenvalue weighted by atomic mass is 32.1. The van der Waals surface area contributed by atoms with Crippen molar-refractivity contribution in [3.8, 4) is 5.75 Å². The first-order valence-electron chi connectivity index (χ1n) is 10.8. The standard InChI is InChI=1S/C24H22N4O3S/c29-21-17(13-26-24(21)5-6-24)23-27-22(30)20(32-23)11-15-3-4-19-18(10-15)28(8-9-31-19)14-16-2-1-7-25-12-16/h1-4,7,10-12,26H,5-6,8-9,13-14H2,(H,27,30)/b20-11-,23-17+. The van der Waals surface area contributed by atoms with Crippen LogP contribution in [0.2, 0.25) is 0 Å². The Morgan fingerprint density at radius 3 is 2.94 bits per heavy atom. The number of nitrogens with zero attached hydrogens (tertiary/aromatic N) is 2. The van der Waals surface area contributed by atoms with Gasteiger partial charge in [0.1, 0.15) is 17.0 Å². The van der Waals surface area contributed by atoms with Crippen molar-refractivity contribution in [3.05, 3.63) is 73.4 Å². The number of benzene rings is 1. The van der Waals surface area contributed by atoms with Crippen molar-refractivity contribution >= 4 is 34.5 Å². The molecule has 0 atom stereocenters. The molecule has 0 bridgehead atoms. The van der Waals surface area contributed by atoms with Crippen molar-refractivity contribution in [2.75, 3.05) is 24.6 Å². The zero-order chi connectivity index (χ0) is 21.7. The largest absolute Gasteiger partial charge is 0.490 e. The first kappa shape index (κ1) is 19.5. The van der Waals surface area contributed by atoms with Gasteiger partial charge < -0.3 is 19.9 Å². The van der Waals surface area contributed by atoms with Gasteiger partial charge in [-0.25, -0.2) is 0 Å². The Balaban J connectivity index is 1.36. The normalized spacial score (nSPS) is 21.1. The molecule has 0 radical (unpaired) electrons. The molecule has 1 aliphatic carbocycles. The molecular weight excluding hydrogens is 424 g/mol. The van der Waals surface area contributed by atoms with E-state index in [-0.39, 0.29) is 16.9 Å². The lowest BCUT2D eigenvalue weighted by Crippen LogP contribution is -2.32. The first-order valence-corrected chi connectivity index (χ1v) is 11.6. The van der Waals surface area contributed by atoms with Gasteiger partial charge in [-0.1, -0.05) is 12.1 Å². The summed E-state index contributed by atoms with van der Waals surface area (Å²) in [5, 5.41) is 3.31. The number of rotatable bonds is 3. The van der Waals surface area contributed by atoms with Crippen molar-refractivity contribution in [2.45, 2.75) is 24.9 Å². The summed E-state index contributed by atoms with van der Waals surface area (Å²) in [6.07, 6.45) is 7.30. The molecule has 3 aromatic rings. The predicted molar refractivity (Wildman–Crippen MR) is 123 cm³/mol. The van der Waals surface area contributed by atoms with Crippen LogP contribution in [0, 0.1) is 0 Å². The number of aromatic amines is 1. The third-order valence-electron chi connectivity index (χ3n) is 6.34. The van der Waals surface area contributed by atoms with Crippen molar-refractivity contribution in [1.29, 1.82) is 0 Å². The third-order valence-corrected chi connectivity index (χ3v) is 7.41. The van der Waals surface area contributed by atoms with E-state index in [0.717, 1.165) is 48.5 Å². The summed E-state index contributed by atoms with van der Waals surface area (Å²) >= 11 is 1.35. The number of nitrogens with one attached hydrogen (secondary N) is 2. The lowest BCUT2D eigenvalue weighted by Gasteiger charge is -2.31. The fourth-order valence-electron chi connectivity index (χ4n) is 4.41. The van der Waals surface area contributed by atoms with Crippen LogP contribution in [0.25, 0.3) is 11.6 Å². The van der Waals surface area contributed by atoms with Gasteiger partial charge in [0.25, 0.3) is 5.56 Å². The highest BCUT2D eigenvalue weighted by molar-refractivity contribution is 7.07. The number of fused-ring (bicyclic) bond motifs is 1. The van der Waals surface area contributed by atoms with Crippen molar-refractivity contribution in [2.24, 2.45) is 0 Å². The Morgan fingerprint density at radius 2 is 2.16 bits per heavy atom. The van der Waals surface area contributed by atoms with E-state index < -0.39 is 0 Å². The second-order valence-electron chi connectivity index (χ2n) is 8.50. The predicted octanol–water partition coefficient (Wildman–Crippen LogP) is 0.915. The molecule has 2 N–H and O–H groups in total. The first-order chi connectivity index (χ1) is 15.6. The van der Waals surface area contributed by atoms with E-state index in [1.807, 2.05) is 30.5 Å². The molecule has 7 nitrogen and oxygen atoms in total. The molecule has 32 heavy (non-hydrogen) atoms. The molecule has 1 saturated heterocycles. The second-order valence-corrected chi connectivity index (χ2v) is 9.55. The molecule has 1 spiro atoms. The maximum absolute atomic E-state index is 12.7. The highest BCUT2D eigenvalue weighted by Gasteiger charge is 2.54. The minimum Gasteiger partial charge on any atom is -0.490 e. The number of anilines is 1. The molecule has 3 aliphatic rings. The number of ether oxygens (including phenoxy) is 1. The van der Waals surface area contributed by atoms with Gasteiger partial charge in [0.2, 0.25) is 0 Å². The number of carbonyl (C=O) groups excluding carboxylic acids is 1. The van der Waals surface area contributed by atoms with Gasteiger partial charge in [0.05, 0.1) is 22.3 Å². The number of carbonyl (C=O) groups is 1. The molecule has 162 valence electrons. The summed E-state index contributed by atoms with van der Waals surface area (Å²) in [6.45, 7) is 2.68. The molecule has 8 heteroatoms. The fraction of sp³-hybridized carbons (Fsp3) is 0.292. The van der Waals surface area contributed by atoms with Gasteiger partial charge in [0.15, 0.2) is 5.78 Å². The second kappa shape index (κ2) is 7.43. The van der Waals surface area contributed by atoms with Crippen LogP contribution in [0.15, 0.2) is 47.5 Å². The van der Waals surface area contributed by atoms with Crippen LogP contribution in [0.5, 0.6) is 5.75 Å². The van der Waals surface area contributed by atoms with Crippen molar-refractivity contribution in [3.63, 3.8) is 0 Å². The van der Waals surface area contributed by atoms with E-state index in [9.17, 15) is 9.59 Å². The zero-order valence-corrected chi connectivity index (χ0v) is 18.2. The number of thiazole rings is 1. The Kier molecular flexibility index (Phi) is 4.51. The number of aromatic nitrogens is 2. The number of ketones is 1. The Morgan fingerprint density at radius 1 is 1.25 bits per heavy atom. The number of hydrogen-bond acceptors (Lipinski definition) is 7. The topological polar surface area (TPSA) is 87.3 Å². The SMILES string of the molecule is O=C1/C(=c2\[nH]c(=O)/c(=C/c3ccc4c(c3)N(Cc3cccnc3)CCO4)s2)CNC12CC2. The average molecular weight is 447 g/mol. The summed E-state index contributed by atoms with van der Waals surface area (Å²) in [7, 11) is 0. The lowest BCUT2D eigenvalue weighted by atomic mass is 10.1. The van der Waals surface area contributed by atoms with E-state index in [1.165, 1.54) is 11.3 Å². The summed E-state index contributed by atoms with van der Waals surface area (Å²) in [5.74, 6) is 0.976. The zero-order valence-electron chi connectivity index (χ0n) is 17.4. The van der Waals surface area contributed by atoms with Gasteiger partial charge in [-0.15, -0.1) is 11.3 Å². The Hall–Kier alpha value is -3.23. The van der Waals surface area contributed by atoms with Crippen LogP contribution in [0.3, 0.4) is 0 Å². The molecule has 0 amide bonds. The average Bonchev–Trinajstić information content (AvgIpc) is 3.42. The summed E-state index contributed by atoms with van der Waals surface area (Å²) in [5.41, 5.74) is 3.24. The van der Waals surface area contributed by atoms with Crippen molar-refractivity contribution in [1.82, 2.24) is 15.3 Å². The van der Waals surface area contributed by atoms with Crippen LogP contribution < -0.4 is 29.7 Å². The molecule has 2 aromatic heterocycles. The van der Waals surface area contributed by atoms with E-state index in [1.54, 1.807) is 6.20 Å². The number of Topliss-reactive ketones (excluding diaryl/α,β-unsaturated/α-hetero) is 1. The maximum atomic E-state index is 12.7. The Bertz CT molecular complexity index is 1390. The minimum absolute atomic E-state index is 0.138. The van der Waals surface area contributed by atoms with Crippen molar-refractivity contribution < 1.29 is 9.53 Å². The van der Waals surface area contributed by atoms with Crippen LogP contribution in [0.1, 0.15) is 24.0 Å². The quantitative estimate of drug-likeness (QED) is 0.622. The molecule has 6 rings (SSSR count). The number of H-pyrrole nitrogens is 1. The highest BCUT2D eigenvalue weighted by Crippen LogP contribution is 2.41. The molecule has 2 aliphatic heterocycles. The van der Waals surface area contributed by atoms with E-state index in [0.29, 0.717) is 27.9 Å². The maximum Gasteiger partial charge on any atom is 0.266 e. The molecule has 0 unspecified atom stereocenters. The van der Waals surface area contributed by atoms with Gasteiger partial charge >= 0.3 is 0 Å². The van der Waals surface area contributed by atoms with Crippen LogP contribution in [-0.2, 0) is 11.3 Å². The van der Waals surface area contributed by atoms with E-state index in [4.69, 9.17) is 4.74 Å².